The number of nitrogen functional groups attached to an aromatic ring is 2. The first-order valence-corrected chi connectivity index (χ1v) is 4.83. The molecular weight excluding hydrogens is 204 g/mol. The number of hydrogen-bond donors (Lipinski definition) is 4. The average Bonchev–Trinajstić information content (AvgIpc) is 2.26. The summed E-state index contributed by atoms with van der Waals surface area (Å²) >= 11 is 0. The zero-order valence-corrected chi connectivity index (χ0v) is 8.36. The molecule has 0 atom stereocenters. The van der Waals surface area contributed by atoms with E-state index in [0.717, 1.165) is 20.9 Å². The second-order valence-corrected chi connectivity index (χ2v) is 3.91. The minimum Gasteiger partial charge on any atom is -0.506 e. The van der Waals surface area contributed by atoms with E-state index in [-0.39, 0.29) is 11.5 Å². The van der Waals surface area contributed by atoms with Crippen LogP contribution in [0.1, 0.15) is 0 Å². The first kappa shape index (κ1) is 8.91. The van der Waals surface area contributed by atoms with Crippen LogP contribution in [0.4, 0.5) is 11.4 Å². The summed E-state index contributed by atoms with van der Waals surface area (Å²) in [6.45, 7) is 0. The van der Waals surface area contributed by atoms with Gasteiger partial charge in [-0.25, -0.2) is 0 Å². The van der Waals surface area contributed by atoms with Crippen LogP contribution < -0.4 is 11.5 Å². The number of anilines is 2. The summed E-state index contributed by atoms with van der Waals surface area (Å²) in [5.41, 5.74) is 11.9. The highest BCUT2D eigenvalue weighted by molar-refractivity contribution is 5.58. The Hall–Kier alpha value is -2.36. The molecule has 4 nitrogen and oxygen atoms in total. The lowest BCUT2D eigenvalue weighted by Crippen LogP contribution is -1.96. The minimum atomic E-state index is 0.0562. The Kier molecular flexibility index (Phi) is 1.45. The van der Waals surface area contributed by atoms with Crippen LogP contribution in [-0.2, 0) is 0 Å². The van der Waals surface area contributed by atoms with Crippen LogP contribution in [0.5, 0.6) is 11.5 Å². The van der Waals surface area contributed by atoms with Gasteiger partial charge in [-0.15, -0.1) is 0 Å². The number of hydrogen-bond acceptors (Lipinski definition) is 4. The van der Waals surface area contributed by atoms with Gasteiger partial charge < -0.3 is 21.7 Å². The van der Waals surface area contributed by atoms with Gasteiger partial charge in [-0.2, -0.15) is 0 Å². The molecule has 0 spiro atoms. The number of fused-ring (bicyclic) bond motifs is 2. The second kappa shape index (κ2) is 2.61. The Labute approximate surface area is 90.4 Å². The van der Waals surface area contributed by atoms with Gasteiger partial charge in [0.25, 0.3) is 0 Å². The van der Waals surface area contributed by atoms with Crippen molar-refractivity contribution in [2.45, 2.75) is 0 Å². The van der Waals surface area contributed by atoms with E-state index in [2.05, 4.69) is 0 Å². The zero-order valence-electron chi connectivity index (χ0n) is 8.36. The lowest BCUT2D eigenvalue weighted by atomic mass is 9.99. The van der Waals surface area contributed by atoms with Crippen molar-refractivity contribution in [3.05, 3.63) is 45.1 Å². The molecule has 4 heteroatoms. The van der Waals surface area contributed by atoms with Crippen molar-refractivity contribution in [3.63, 3.8) is 0 Å². The van der Waals surface area contributed by atoms with Crippen molar-refractivity contribution in [2.24, 2.45) is 0 Å². The summed E-state index contributed by atoms with van der Waals surface area (Å²) in [7, 11) is 0. The van der Waals surface area contributed by atoms with E-state index in [1.165, 1.54) is 0 Å². The number of rotatable bonds is 0. The van der Waals surface area contributed by atoms with E-state index >= 15 is 0 Å². The largest absolute Gasteiger partial charge is 0.506 e. The Morgan fingerprint density at radius 2 is 0.938 bits per heavy atom. The molecule has 0 unspecified atom stereocenters. The first-order valence-electron chi connectivity index (χ1n) is 4.83. The van der Waals surface area contributed by atoms with Crippen molar-refractivity contribution in [1.29, 1.82) is 0 Å². The summed E-state index contributed by atoms with van der Waals surface area (Å²) in [6, 6.07) is 6.62. The van der Waals surface area contributed by atoms with Crippen LogP contribution in [0.2, 0.25) is 0 Å². The van der Waals surface area contributed by atoms with Gasteiger partial charge in [-0.3, -0.25) is 0 Å². The molecule has 16 heavy (non-hydrogen) atoms. The quantitative estimate of drug-likeness (QED) is 0.333. The van der Waals surface area contributed by atoms with E-state index in [9.17, 15) is 10.2 Å². The molecule has 0 saturated carbocycles. The van der Waals surface area contributed by atoms with E-state index in [1.54, 1.807) is 24.3 Å². The fraction of sp³-hybridized carbons (Fsp3) is 0. The molecule has 2 aromatic rings. The van der Waals surface area contributed by atoms with Gasteiger partial charge in [-0.1, -0.05) is 0 Å². The number of benzene rings is 2. The standard InChI is InChI=1S/C12H10N2O2/c13-9-1-5-6-2-10(14)12(16)4-8(6)7(5)3-11(9)15/h1-4,15-16H,13-14H2. The van der Waals surface area contributed by atoms with Gasteiger partial charge in [-0.05, 0) is 45.1 Å². The SMILES string of the molecule is Nc1cc2c(cc1O)=c1cc(O)c(N)cc1=2. The van der Waals surface area contributed by atoms with Gasteiger partial charge in [0, 0.05) is 0 Å². The Balaban J connectivity index is 2.55. The number of phenolic OH excluding ortho intramolecular Hbond substituents is 2. The minimum absolute atomic E-state index is 0.0562. The maximum absolute atomic E-state index is 9.50. The topological polar surface area (TPSA) is 92.5 Å². The third-order valence-electron chi connectivity index (χ3n) is 2.91. The highest BCUT2D eigenvalue weighted by Gasteiger charge is 2.08. The molecule has 1 aliphatic rings. The summed E-state index contributed by atoms with van der Waals surface area (Å²) in [5.74, 6) is 0.112. The lowest BCUT2D eigenvalue weighted by Gasteiger charge is -2.09. The monoisotopic (exact) mass is 214 g/mol. The summed E-state index contributed by atoms with van der Waals surface area (Å²) in [5, 5.41) is 22.7. The third kappa shape index (κ3) is 0.930. The molecule has 0 bridgehead atoms. The molecular formula is C12H10N2O2. The van der Waals surface area contributed by atoms with Gasteiger partial charge in [0.05, 0.1) is 11.4 Å². The number of nitrogens with two attached hydrogens (primary N) is 2. The molecule has 3 rings (SSSR count). The van der Waals surface area contributed by atoms with Crippen LogP contribution >= 0.6 is 0 Å². The van der Waals surface area contributed by atoms with E-state index < -0.39 is 0 Å². The molecule has 0 aliphatic heterocycles. The number of aromatic hydroxyl groups is 2. The van der Waals surface area contributed by atoms with Crippen molar-refractivity contribution in [2.75, 3.05) is 11.5 Å². The maximum atomic E-state index is 9.50. The van der Waals surface area contributed by atoms with E-state index in [4.69, 9.17) is 11.5 Å². The second-order valence-electron chi connectivity index (χ2n) is 3.91. The third-order valence-corrected chi connectivity index (χ3v) is 2.91. The van der Waals surface area contributed by atoms with E-state index in [0.29, 0.717) is 11.4 Å². The normalized spacial score (nSPS) is 11.5. The molecule has 0 radical (unpaired) electrons. The molecule has 0 fully saturated rings. The highest BCUT2D eigenvalue weighted by atomic mass is 16.3. The smallest absolute Gasteiger partial charge is 0.139 e. The predicted octanol–water partition coefficient (Wildman–Crippen LogP) is 1.15. The molecule has 0 aromatic heterocycles. The number of phenols is 2. The molecule has 0 amide bonds. The zero-order chi connectivity index (χ0) is 11.4. The van der Waals surface area contributed by atoms with E-state index in [1.807, 2.05) is 0 Å². The highest BCUT2D eigenvalue weighted by Crippen LogP contribution is 2.28. The lowest BCUT2D eigenvalue weighted by molar-refractivity contribution is 0.475. The van der Waals surface area contributed by atoms with Gasteiger partial charge in [0.15, 0.2) is 0 Å². The summed E-state index contributed by atoms with van der Waals surface area (Å²) in [4.78, 5) is 0. The van der Waals surface area contributed by atoms with Crippen molar-refractivity contribution < 1.29 is 10.2 Å². The van der Waals surface area contributed by atoms with Crippen LogP contribution in [0.15, 0.2) is 24.3 Å². The van der Waals surface area contributed by atoms with Crippen LogP contribution in [0.3, 0.4) is 0 Å². The Morgan fingerprint density at radius 1 is 0.625 bits per heavy atom. The Morgan fingerprint density at radius 3 is 1.31 bits per heavy atom. The fourth-order valence-corrected chi connectivity index (χ4v) is 2.04. The Bertz CT molecular complexity index is 639. The molecule has 2 aromatic carbocycles. The molecule has 0 heterocycles. The fourth-order valence-electron chi connectivity index (χ4n) is 2.04. The van der Waals surface area contributed by atoms with Gasteiger partial charge in [0.1, 0.15) is 11.5 Å². The van der Waals surface area contributed by atoms with Crippen LogP contribution in [0, 0.1) is 20.9 Å². The van der Waals surface area contributed by atoms with Gasteiger partial charge >= 0.3 is 0 Å². The van der Waals surface area contributed by atoms with Crippen LogP contribution in [-0.4, -0.2) is 10.2 Å². The van der Waals surface area contributed by atoms with Crippen LogP contribution in [0.25, 0.3) is 0 Å². The van der Waals surface area contributed by atoms with Crippen molar-refractivity contribution >= 4 is 11.4 Å². The summed E-state index contributed by atoms with van der Waals surface area (Å²) < 4.78 is 0. The first-order chi connectivity index (χ1) is 7.58. The molecule has 1 aliphatic carbocycles. The summed E-state index contributed by atoms with van der Waals surface area (Å²) in [6.07, 6.45) is 0. The van der Waals surface area contributed by atoms with Crippen molar-refractivity contribution in [3.8, 4) is 11.5 Å². The molecule has 80 valence electrons. The molecule has 0 saturated heterocycles. The average molecular weight is 214 g/mol. The van der Waals surface area contributed by atoms with Crippen molar-refractivity contribution in [1.82, 2.24) is 0 Å². The maximum Gasteiger partial charge on any atom is 0.139 e. The molecule has 6 N–H and O–H groups in total. The predicted molar refractivity (Wildman–Crippen MR) is 60.4 cm³/mol. The van der Waals surface area contributed by atoms with Gasteiger partial charge in [0.2, 0.25) is 0 Å².